The number of nitrogens with one attached hydrogen (secondary N) is 1. The quantitative estimate of drug-likeness (QED) is 0.186. The molecule has 1 atom stereocenters. The Bertz CT molecular complexity index is 1410. The second-order valence-corrected chi connectivity index (χ2v) is 7.96. The first-order valence-corrected chi connectivity index (χ1v) is 11.2. The lowest BCUT2D eigenvalue weighted by Crippen LogP contribution is -2.24. The summed E-state index contributed by atoms with van der Waals surface area (Å²) in [5.41, 5.74) is 1.20. The predicted octanol–water partition coefficient (Wildman–Crippen LogP) is 4.99. The Hall–Kier alpha value is -4.12. The van der Waals surface area contributed by atoms with Crippen LogP contribution in [0.2, 0.25) is 5.02 Å². The van der Waals surface area contributed by atoms with Crippen molar-refractivity contribution in [1.82, 2.24) is 14.5 Å². The van der Waals surface area contributed by atoms with E-state index in [2.05, 4.69) is 20.3 Å². The maximum Gasteiger partial charge on any atom is 0.282 e. The van der Waals surface area contributed by atoms with Crippen molar-refractivity contribution in [3.8, 4) is 11.6 Å². The van der Waals surface area contributed by atoms with E-state index in [-0.39, 0.29) is 17.4 Å². The molecule has 0 radical (unpaired) electrons. The summed E-state index contributed by atoms with van der Waals surface area (Å²) in [6, 6.07) is 18.4. The highest BCUT2D eigenvalue weighted by molar-refractivity contribution is 6.30. The third-order valence-corrected chi connectivity index (χ3v) is 5.24. The van der Waals surface area contributed by atoms with Crippen molar-refractivity contribution >= 4 is 29.5 Å². The van der Waals surface area contributed by atoms with Gasteiger partial charge in [-0.1, -0.05) is 29.8 Å². The first kappa shape index (κ1) is 25.0. The second kappa shape index (κ2) is 11.5. The van der Waals surface area contributed by atoms with Gasteiger partial charge in [0.25, 0.3) is 5.56 Å². The molecule has 0 fully saturated rings. The van der Waals surface area contributed by atoms with Gasteiger partial charge in [-0.15, -0.1) is 0 Å². The molecular formula is C25H22ClFN6O3. The number of nitrogens with two attached hydrogens (primary N) is 1. The summed E-state index contributed by atoms with van der Waals surface area (Å²) >= 11 is 6.01. The van der Waals surface area contributed by atoms with Crippen LogP contribution in [0.15, 0.2) is 82.7 Å². The van der Waals surface area contributed by atoms with Crippen molar-refractivity contribution in [2.75, 3.05) is 5.32 Å². The number of ether oxygens (including phenoxy) is 1. The van der Waals surface area contributed by atoms with Crippen LogP contribution < -0.4 is 21.5 Å². The van der Waals surface area contributed by atoms with E-state index in [1.807, 2.05) is 12.1 Å². The van der Waals surface area contributed by atoms with Crippen LogP contribution in [0.3, 0.4) is 0 Å². The molecule has 11 heteroatoms. The van der Waals surface area contributed by atoms with Crippen molar-refractivity contribution < 1.29 is 14.0 Å². The second-order valence-electron chi connectivity index (χ2n) is 7.53. The highest BCUT2D eigenvalue weighted by atomic mass is 35.5. The van der Waals surface area contributed by atoms with E-state index < -0.39 is 17.7 Å². The van der Waals surface area contributed by atoms with Crippen LogP contribution in [0.1, 0.15) is 24.3 Å². The van der Waals surface area contributed by atoms with Gasteiger partial charge in [-0.3, -0.25) is 14.6 Å². The standard InChI is InChI=1S/C25H22ClFN6O3/c1-2-29-24(36-28)20-15-33(14-16-6-8-17(26)9-7-16)25(32-23(20)34)30-18-10-12-19(13-11-18)35-22-5-3-4-21(27)31-22/h2-13,15,24H,14,28H2,1H3,(H,30,32,34). The van der Waals surface area contributed by atoms with Crippen LogP contribution in [-0.2, 0) is 11.4 Å². The third kappa shape index (κ3) is 6.30. The largest absolute Gasteiger partial charge is 0.439 e. The van der Waals surface area contributed by atoms with Gasteiger partial charge in [-0.25, -0.2) is 5.90 Å². The summed E-state index contributed by atoms with van der Waals surface area (Å²) in [6.07, 6.45) is 2.10. The smallest absolute Gasteiger partial charge is 0.282 e. The molecule has 1 unspecified atom stereocenters. The highest BCUT2D eigenvalue weighted by Gasteiger charge is 2.18. The first-order valence-electron chi connectivity index (χ1n) is 10.8. The maximum absolute atomic E-state index is 13.3. The van der Waals surface area contributed by atoms with Crippen LogP contribution in [0.4, 0.5) is 16.0 Å². The molecule has 0 aliphatic carbocycles. The molecular weight excluding hydrogens is 487 g/mol. The molecule has 0 bridgehead atoms. The Kier molecular flexibility index (Phi) is 8.01. The summed E-state index contributed by atoms with van der Waals surface area (Å²) in [5.74, 6) is 5.61. The normalized spacial score (nSPS) is 12.0. The molecule has 2 aromatic carbocycles. The van der Waals surface area contributed by atoms with Gasteiger partial charge >= 0.3 is 0 Å². The molecule has 4 aromatic rings. The number of pyridine rings is 1. The van der Waals surface area contributed by atoms with Gasteiger partial charge in [0.15, 0.2) is 6.23 Å². The van der Waals surface area contributed by atoms with E-state index in [0.717, 1.165) is 5.56 Å². The zero-order chi connectivity index (χ0) is 25.5. The average molecular weight is 509 g/mol. The molecule has 9 nitrogen and oxygen atoms in total. The number of halogens is 2. The fourth-order valence-corrected chi connectivity index (χ4v) is 3.44. The molecule has 2 heterocycles. The Morgan fingerprint density at radius 3 is 2.56 bits per heavy atom. The fraction of sp³-hybridized carbons (Fsp3) is 0.120. The summed E-state index contributed by atoms with van der Waals surface area (Å²) in [6.45, 7) is 2.07. The van der Waals surface area contributed by atoms with E-state index in [9.17, 15) is 9.18 Å². The van der Waals surface area contributed by atoms with Crippen molar-refractivity contribution in [2.24, 2.45) is 10.9 Å². The maximum atomic E-state index is 13.3. The summed E-state index contributed by atoms with van der Waals surface area (Å²) in [4.78, 5) is 29.6. The number of aliphatic imine (C=N–C) groups is 1. The zero-order valence-corrected chi connectivity index (χ0v) is 19.9. The minimum atomic E-state index is -0.992. The monoisotopic (exact) mass is 508 g/mol. The average Bonchev–Trinajstić information content (AvgIpc) is 2.87. The molecule has 184 valence electrons. The zero-order valence-electron chi connectivity index (χ0n) is 19.1. The molecule has 36 heavy (non-hydrogen) atoms. The molecule has 0 saturated heterocycles. The lowest BCUT2D eigenvalue weighted by molar-refractivity contribution is 0.0583. The topological polar surface area (TPSA) is 117 Å². The summed E-state index contributed by atoms with van der Waals surface area (Å²) in [7, 11) is 0. The highest BCUT2D eigenvalue weighted by Crippen LogP contribution is 2.24. The van der Waals surface area contributed by atoms with Crippen LogP contribution in [0.5, 0.6) is 11.6 Å². The SMILES string of the molecule is CC=NC(ON)c1cn(Cc2ccc(Cl)cc2)c(Nc2ccc(Oc3cccc(F)n3)cc2)nc1=O. The van der Waals surface area contributed by atoms with Crippen molar-refractivity contribution in [3.05, 3.63) is 105 Å². The van der Waals surface area contributed by atoms with E-state index in [1.165, 1.54) is 18.3 Å². The molecule has 0 amide bonds. The van der Waals surface area contributed by atoms with Crippen LogP contribution in [0.25, 0.3) is 0 Å². The van der Waals surface area contributed by atoms with Crippen LogP contribution in [-0.4, -0.2) is 20.7 Å². The van der Waals surface area contributed by atoms with Gasteiger partial charge in [0.05, 0.1) is 12.1 Å². The Morgan fingerprint density at radius 1 is 1.14 bits per heavy atom. The van der Waals surface area contributed by atoms with Gasteiger partial charge in [0.2, 0.25) is 17.8 Å². The molecule has 0 saturated carbocycles. The van der Waals surface area contributed by atoms with Crippen molar-refractivity contribution in [1.29, 1.82) is 0 Å². The number of hydrogen-bond acceptors (Lipinski definition) is 8. The number of anilines is 2. The Morgan fingerprint density at radius 2 is 1.89 bits per heavy atom. The summed E-state index contributed by atoms with van der Waals surface area (Å²) in [5, 5.41) is 3.76. The molecule has 0 spiro atoms. The third-order valence-electron chi connectivity index (χ3n) is 4.99. The Balaban J connectivity index is 1.63. The molecule has 2 aromatic heterocycles. The van der Waals surface area contributed by atoms with Crippen LogP contribution >= 0.6 is 11.6 Å². The molecule has 0 aliphatic rings. The molecule has 0 aliphatic heterocycles. The Labute approximate surface area is 211 Å². The van der Waals surface area contributed by atoms with Gasteiger partial charge in [-0.2, -0.15) is 14.4 Å². The number of nitrogens with zero attached hydrogens (tertiary/aromatic N) is 4. The molecule has 3 N–H and O–H groups in total. The van der Waals surface area contributed by atoms with E-state index in [1.54, 1.807) is 60.2 Å². The minimum absolute atomic E-state index is 0.135. The van der Waals surface area contributed by atoms with E-state index in [4.69, 9.17) is 27.1 Å². The number of rotatable bonds is 9. The number of aromatic nitrogens is 3. The van der Waals surface area contributed by atoms with E-state index in [0.29, 0.717) is 23.0 Å². The predicted molar refractivity (Wildman–Crippen MR) is 135 cm³/mol. The lowest BCUT2D eigenvalue weighted by atomic mass is 10.2. The number of hydrogen-bond donors (Lipinski definition) is 2. The van der Waals surface area contributed by atoms with Crippen LogP contribution in [0, 0.1) is 5.95 Å². The summed E-state index contributed by atoms with van der Waals surface area (Å²) < 4.78 is 20.6. The fourth-order valence-electron chi connectivity index (χ4n) is 3.31. The van der Waals surface area contributed by atoms with E-state index >= 15 is 0 Å². The van der Waals surface area contributed by atoms with Crippen molar-refractivity contribution in [2.45, 2.75) is 19.7 Å². The van der Waals surface area contributed by atoms with Gasteiger partial charge in [0.1, 0.15) is 5.75 Å². The van der Waals surface area contributed by atoms with Gasteiger partial charge in [0, 0.05) is 23.0 Å². The van der Waals surface area contributed by atoms with Gasteiger partial charge in [-0.05, 0) is 61.2 Å². The number of benzene rings is 2. The van der Waals surface area contributed by atoms with Crippen molar-refractivity contribution in [3.63, 3.8) is 0 Å². The molecule has 4 rings (SSSR count). The van der Waals surface area contributed by atoms with Gasteiger partial charge < -0.3 is 14.6 Å². The lowest BCUT2D eigenvalue weighted by Gasteiger charge is -2.17. The minimum Gasteiger partial charge on any atom is -0.439 e. The first-order chi connectivity index (χ1) is 17.4.